The molecule has 1 amide bonds. The predicted molar refractivity (Wildman–Crippen MR) is 89.8 cm³/mol. The van der Waals surface area contributed by atoms with Crippen molar-refractivity contribution in [2.75, 3.05) is 13.3 Å². The van der Waals surface area contributed by atoms with Crippen molar-refractivity contribution in [2.24, 2.45) is 7.05 Å². The van der Waals surface area contributed by atoms with Crippen LogP contribution in [0.1, 0.15) is 22.7 Å². The van der Waals surface area contributed by atoms with E-state index < -0.39 is 6.04 Å². The lowest BCUT2D eigenvalue weighted by Gasteiger charge is -2.16. The van der Waals surface area contributed by atoms with Gasteiger partial charge in [-0.2, -0.15) is 5.10 Å². The fourth-order valence-corrected chi connectivity index (χ4v) is 3.03. The fraction of sp³-hybridized carbons (Fsp3) is 0.375. The van der Waals surface area contributed by atoms with Crippen LogP contribution in [0.3, 0.4) is 0 Å². The smallest absolute Gasteiger partial charge is 0.242 e. The predicted octanol–water partition coefficient (Wildman–Crippen LogP) is 2.03. The number of amides is 1. The Morgan fingerprint density at radius 2 is 2.23 bits per heavy atom. The molecule has 118 valence electrons. The summed E-state index contributed by atoms with van der Waals surface area (Å²) in [6, 6.07) is 5.89. The van der Waals surface area contributed by atoms with E-state index in [4.69, 9.17) is 0 Å². The van der Waals surface area contributed by atoms with E-state index in [0.29, 0.717) is 6.54 Å². The number of likely N-dealkylation sites (N-methyl/N-ethyl adjacent to an activating group) is 1. The number of aryl methyl sites for hydroxylation is 2. The minimum absolute atomic E-state index is 0.0527. The topological polar surface area (TPSA) is 59.0 Å². The summed E-state index contributed by atoms with van der Waals surface area (Å²) in [5.41, 5.74) is 3.21. The number of aromatic nitrogens is 2. The molecule has 0 radical (unpaired) electrons. The summed E-state index contributed by atoms with van der Waals surface area (Å²) in [6.45, 7) is 2.59. The average Bonchev–Trinajstić information content (AvgIpc) is 2.92. The zero-order valence-electron chi connectivity index (χ0n) is 13.4. The lowest BCUT2D eigenvalue weighted by atomic mass is 10.1. The molecule has 6 heteroatoms. The second kappa shape index (κ2) is 7.47. The van der Waals surface area contributed by atoms with Crippen LogP contribution in [0.5, 0.6) is 0 Å². The van der Waals surface area contributed by atoms with Gasteiger partial charge in [-0.3, -0.25) is 9.48 Å². The van der Waals surface area contributed by atoms with Crippen LogP contribution in [0, 0.1) is 6.92 Å². The van der Waals surface area contributed by atoms with Crippen LogP contribution in [-0.2, 0) is 18.4 Å². The highest BCUT2D eigenvalue weighted by Gasteiger charge is 2.20. The molecule has 0 bridgehead atoms. The Morgan fingerprint density at radius 3 is 2.82 bits per heavy atom. The highest BCUT2D eigenvalue weighted by atomic mass is 32.2. The van der Waals surface area contributed by atoms with Gasteiger partial charge in [0, 0.05) is 30.2 Å². The van der Waals surface area contributed by atoms with Gasteiger partial charge in [0.1, 0.15) is 6.04 Å². The van der Waals surface area contributed by atoms with Gasteiger partial charge in [-0.15, -0.1) is 11.8 Å². The van der Waals surface area contributed by atoms with Crippen LogP contribution < -0.4 is 10.6 Å². The number of rotatable bonds is 6. The number of nitrogens with one attached hydrogen (secondary N) is 2. The van der Waals surface area contributed by atoms with Crippen LogP contribution in [0.4, 0.5) is 0 Å². The van der Waals surface area contributed by atoms with Crippen molar-refractivity contribution < 1.29 is 4.79 Å². The maximum atomic E-state index is 12.4. The molecular formula is C16H22N4OS. The number of thioether (sulfide) groups is 1. The Labute approximate surface area is 135 Å². The molecule has 0 saturated heterocycles. The Morgan fingerprint density at radius 1 is 1.45 bits per heavy atom. The van der Waals surface area contributed by atoms with Crippen molar-refractivity contribution in [2.45, 2.75) is 24.4 Å². The number of benzene rings is 1. The van der Waals surface area contributed by atoms with Crippen LogP contribution >= 0.6 is 11.8 Å². The standard InChI is InChI=1S/C16H22N4OS/c1-11-5-6-12(14(7-11)22-4)8-18-16(21)15(17-2)13-9-19-20(3)10-13/h5-7,9-10,15,17H,8H2,1-4H3,(H,18,21). The lowest BCUT2D eigenvalue weighted by molar-refractivity contribution is -0.123. The molecule has 2 aromatic rings. The van der Waals surface area contributed by atoms with Gasteiger partial charge >= 0.3 is 0 Å². The molecule has 1 atom stereocenters. The van der Waals surface area contributed by atoms with Gasteiger partial charge in [0.05, 0.1) is 6.20 Å². The Kier molecular flexibility index (Phi) is 5.63. The first-order valence-corrected chi connectivity index (χ1v) is 8.34. The third-order valence-electron chi connectivity index (χ3n) is 3.50. The van der Waals surface area contributed by atoms with E-state index in [1.54, 1.807) is 29.7 Å². The quantitative estimate of drug-likeness (QED) is 0.800. The van der Waals surface area contributed by atoms with Gasteiger partial charge in [0.15, 0.2) is 0 Å². The molecular weight excluding hydrogens is 296 g/mol. The van der Waals surface area contributed by atoms with E-state index >= 15 is 0 Å². The molecule has 0 spiro atoms. The van der Waals surface area contributed by atoms with Crippen LogP contribution in [0.15, 0.2) is 35.5 Å². The van der Waals surface area contributed by atoms with Gasteiger partial charge in [-0.1, -0.05) is 12.1 Å². The molecule has 1 aromatic heterocycles. The monoisotopic (exact) mass is 318 g/mol. The van der Waals surface area contributed by atoms with Crippen molar-refractivity contribution in [3.63, 3.8) is 0 Å². The molecule has 22 heavy (non-hydrogen) atoms. The van der Waals surface area contributed by atoms with E-state index in [1.165, 1.54) is 10.5 Å². The summed E-state index contributed by atoms with van der Waals surface area (Å²) in [6.07, 6.45) is 5.60. The maximum Gasteiger partial charge on any atom is 0.242 e. The minimum Gasteiger partial charge on any atom is -0.350 e. The van der Waals surface area contributed by atoms with E-state index in [0.717, 1.165) is 11.1 Å². The zero-order chi connectivity index (χ0) is 16.1. The molecule has 1 heterocycles. The average molecular weight is 318 g/mol. The first-order chi connectivity index (χ1) is 10.5. The second-order valence-corrected chi connectivity index (χ2v) is 6.05. The Hall–Kier alpha value is -1.79. The highest BCUT2D eigenvalue weighted by Crippen LogP contribution is 2.22. The van der Waals surface area contributed by atoms with Gasteiger partial charge in [0.2, 0.25) is 5.91 Å². The third-order valence-corrected chi connectivity index (χ3v) is 4.32. The van der Waals surface area contributed by atoms with Crippen molar-refractivity contribution in [3.8, 4) is 0 Å². The lowest BCUT2D eigenvalue weighted by Crippen LogP contribution is -2.35. The Balaban J connectivity index is 2.05. The van der Waals surface area contributed by atoms with Gasteiger partial charge in [-0.25, -0.2) is 0 Å². The molecule has 2 N–H and O–H groups in total. The molecule has 0 aliphatic heterocycles. The highest BCUT2D eigenvalue weighted by molar-refractivity contribution is 7.98. The van der Waals surface area contributed by atoms with Crippen LogP contribution in [0.25, 0.3) is 0 Å². The van der Waals surface area contributed by atoms with Crippen molar-refractivity contribution in [3.05, 3.63) is 47.3 Å². The molecule has 5 nitrogen and oxygen atoms in total. The largest absolute Gasteiger partial charge is 0.350 e. The molecule has 1 aromatic carbocycles. The summed E-state index contributed by atoms with van der Waals surface area (Å²) >= 11 is 1.69. The summed E-state index contributed by atoms with van der Waals surface area (Å²) < 4.78 is 1.69. The van der Waals surface area contributed by atoms with E-state index in [1.807, 2.05) is 19.5 Å². The van der Waals surface area contributed by atoms with Gasteiger partial charge < -0.3 is 10.6 Å². The first kappa shape index (κ1) is 16.6. The minimum atomic E-state index is -0.392. The number of carbonyl (C=O) groups excluding carboxylic acids is 1. The summed E-state index contributed by atoms with van der Waals surface area (Å²) in [5.74, 6) is -0.0527. The van der Waals surface area contributed by atoms with Gasteiger partial charge in [0.25, 0.3) is 0 Å². The van der Waals surface area contributed by atoms with Crippen molar-refractivity contribution in [1.29, 1.82) is 0 Å². The van der Waals surface area contributed by atoms with E-state index in [2.05, 4.69) is 40.9 Å². The van der Waals surface area contributed by atoms with Crippen LogP contribution in [-0.4, -0.2) is 29.0 Å². The second-order valence-electron chi connectivity index (χ2n) is 5.20. The number of carbonyl (C=O) groups is 1. The van der Waals surface area contributed by atoms with Crippen molar-refractivity contribution >= 4 is 17.7 Å². The fourth-order valence-electron chi connectivity index (χ4n) is 2.32. The molecule has 0 fully saturated rings. The maximum absolute atomic E-state index is 12.4. The van der Waals surface area contributed by atoms with Gasteiger partial charge in [-0.05, 0) is 37.4 Å². The summed E-state index contributed by atoms with van der Waals surface area (Å²) in [7, 11) is 3.61. The molecule has 2 rings (SSSR count). The summed E-state index contributed by atoms with van der Waals surface area (Å²) in [4.78, 5) is 13.6. The molecule has 0 aliphatic carbocycles. The Bertz CT molecular complexity index is 653. The van der Waals surface area contributed by atoms with E-state index in [-0.39, 0.29) is 5.91 Å². The molecule has 0 saturated carbocycles. The number of hydrogen-bond acceptors (Lipinski definition) is 4. The van der Waals surface area contributed by atoms with Crippen LogP contribution in [0.2, 0.25) is 0 Å². The number of hydrogen-bond donors (Lipinski definition) is 2. The first-order valence-electron chi connectivity index (χ1n) is 7.12. The normalized spacial score (nSPS) is 12.2. The zero-order valence-corrected chi connectivity index (χ0v) is 14.2. The SMILES string of the molecule is CNC(C(=O)NCc1ccc(C)cc1SC)c1cnn(C)c1. The number of nitrogens with zero attached hydrogens (tertiary/aromatic N) is 2. The third kappa shape index (κ3) is 3.90. The van der Waals surface area contributed by atoms with E-state index in [9.17, 15) is 4.79 Å². The molecule has 1 unspecified atom stereocenters. The van der Waals surface area contributed by atoms with Crippen molar-refractivity contribution in [1.82, 2.24) is 20.4 Å². The summed E-state index contributed by atoms with van der Waals surface area (Å²) in [5, 5.41) is 10.2. The molecule has 0 aliphatic rings.